The topological polar surface area (TPSA) is 0 Å². The fraction of sp³-hybridized carbons (Fsp3) is 0.250. The summed E-state index contributed by atoms with van der Waals surface area (Å²) in [4.78, 5) is 1.27. The summed E-state index contributed by atoms with van der Waals surface area (Å²) in [5.41, 5.74) is 2.56. The number of aryl methyl sites for hydroxylation is 1. The molecule has 2 aromatic rings. The van der Waals surface area contributed by atoms with Gasteiger partial charge >= 0.3 is 0 Å². The van der Waals surface area contributed by atoms with Gasteiger partial charge < -0.3 is 0 Å². The van der Waals surface area contributed by atoms with Gasteiger partial charge in [-0.2, -0.15) is 0 Å². The predicted molar refractivity (Wildman–Crippen MR) is 74.6 cm³/mol. The molecule has 0 aliphatic rings. The van der Waals surface area contributed by atoms with Crippen molar-refractivity contribution >= 4 is 32.9 Å². The van der Waals surface area contributed by atoms with Gasteiger partial charge in [-0.15, -0.1) is 0 Å². The fourth-order valence-corrected chi connectivity index (χ4v) is 3.49. The zero-order chi connectivity index (χ0) is 11.3. The molecule has 0 aliphatic heterocycles. The van der Waals surface area contributed by atoms with Gasteiger partial charge in [-0.05, 0) is 18.6 Å². The molecule has 0 N–H and O–H groups in total. The first-order valence-corrected chi connectivity index (χ1v) is 7.49. The lowest BCUT2D eigenvalue weighted by Gasteiger charge is -1.96. The molecule has 0 atom stereocenters. The molecule has 0 nitrogen and oxygen atoms in total. The lowest BCUT2D eigenvalue weighted by atomic mass is 10.1. The Morgan fingerprint density at radius 3 is 2.07 bits per heavy atom. The normalized spacial score (nSPS) is 9.27. The molecular weight excluding hydrogens is 240 g/mol. The Labute approximate surface area is 104 Å². The van der Waals surface area contributed by atoms with E-state index < -0.39 is 0 Å². The van der Waals surface area contributed by atoms with E-state index in [9.17, 15) is 0 Å². The van der Waals surface area contributed by atoms with Crippen LogP contribution in [-0.4, -0.2) is 0 Å². The molecule has 0 amide bonds. The van der Waals surface area contributed by atoms with Crippen LogP contribution in [0.3, 0.4) is 0 Å². The predicted octanol–water partition coefficient (Wildman–Crippen LogP) is 5.54. The average molecular weight is 254 g/mol. The molecule has 1 heterocycles. The van der Waals surface area contributed by atoms with E-state index in [2.05, 4.69) is 37.3 Å². The van der Waals surface area contributed by atoms with E-state index in [0.717, 1.165) is 3.82 Å². The Hall–Kier alpha value is -0.510. The molecule has 0 unspecified atom stereocenters. The molecule has 0 aliphatic carbocycles. The summed E-state index contributed by atoms with van der Waals surface area (Å²) in [6.45, 7) is 6.10. The number of hydrogen-bond donors (Lipinski definition) is 0. The SMILES string of the molecule is CC.Cc1ccc(-c2cc(=S)ss2)cc1. The minimum absolute atomic E-state index is 0.973. The van der Waals surface area contributed by atoms with Gasteiger partial charge in [-0.25, -0.2) is 0 Å². The molecule has 80 valence electrons. The molecular formula is C12H14S3. The highest BCUT2D eigenvalue weighted by molar-refractivity contribution is 7.80. The maximum Gasteiger partial charge on any atom is 0.102 e. The van der Waals surface area contributed by atoms with Gasteiger partial charge in [0.15, 0.2) is 0 Å². The molecule has 0 saturated heterocycles. The highest BCUT2D eigenvalue weighted by atomic mass is 32.9. The Morgan fingerprint density at radius 1 is 1.00 bits per heavy atom. The van der Waals surface area contributed by atoms with Crippen molar-refractivity contribution in [3.05, 3.63) is 39.7 Å². The van der Waals surface area contributed by atoms with E-state index in [1.807, 2.05) is 13.8 Å². The maximum absolute atomic E-state index is 5.09. The first-order valence-electron chi connectivity index (χ1n) is 4.93. The van der Waals surface area contributed by atoms with Gasteiger partial charge in [-0.3, -0.25) is 0 Å². The molecule has 0 bridgehead atoms. The van der Waals surface area contributed by atoms with Crippen molar-refractivity contribution in [1.82, 2.24) is 0 Å². The third-order valence-electron chi connectivity index (χ3n) is 1.80. The van der Waals surface area contributed by atoms with E-state index in [1.165, 1.54) is 16.0 Å². The summed E-state index contributed by atoms with van der Waals surface area (Å²) in [6.07, 6.45) is 0. The maximum atomic E-state index is 5.09. The molecule has 0 fully saturated rings. The van der Waals surface area contributed by atoms with E-state index in [4.69, 9.17) is 12.2 Å². The third-order valence-corrected chi connectivity index (χ3v) is 4.71. The van der Waals surface area contributed by atoms with Crippen molar-refractivity contribution in [3.63, 3.8) is 0 Å². The van der Waals surface area contributed by atoms with Gasteiger partial charge in [0.2, 0.25) is 0 Å². The Balaban J connectivity index is 0.000000531. The fourth-order valence-electron chi connectivity index (χ4n) is 1.09. The average Bonchev–Trinajstić information content (AvgIpc) is 2.69. The number of hydrogen-bond acceptors (Lipinski definition) is 3. The van der Waals surface area contributed by atoms with E-state index in [1.54, 1.807) is 20.7 Å². The second-order valence-corrected chi connectivity index (χ2v) is 5.77. The number of benzene rings is 1. The zero-order valence-electron chi connectivity index (χ0n) is 9.11. The second-order valence-electron chi connectivity index (χ2n) is 2.86. The Bertz CT molecular complexity index is 448. The minimum Gasteiger partial charge on any atom is -0.0786 e. The van der Waals surface area contributed by atoms with Gasteiger partial charge in [0.1, 0.15) is 3.82 Å². The molecule has 2 rings (SSSR count). The van der Waals surface area contributed by atoms with Crippen LogP contribution in [0.2, 0.25) is 0 Å². The molecule has 1 aromatic heterocycles. The quantitative estimate of drug-likeness (QED) is 0.475. The van der Waals surface area contributed by atoms with Crippen molar-refractivity contribution in [2.75, 3.05) is 0 Å². The molecule has 0 saturated carbocycles. The number of rotatable bonds is 1. The molecule has 0 spiro atoms. The Kier molecular flexibility index (Phi) is 5.15. The summed E-state index contributed by atoms with van der Waals surface area (Å²) >= 11 is 5.09. The Morgan fingerprint density at radius 2 is 1.60 bits per heavy atom. The molecule has 15 heavy (non-hydrogen) atoms. The third kappa shape index (κ3) is 3.52. The lowest BCUT2D eigenvalue weighted by Crippen LogP contribution is -1.72. The van der Waals surface area contributed by atoms with Crippen LogP contribution in [0.1, 0.15) is 19.4 Å². The van der Waals surface area contributed by atoms with Crippen LogP contribution < -0.4 is 0 Å². The van der Waals surface area contributed by atoms with Crippen LogP contribution in [0.5, 0.6) is 0 Å². The van der Waals surface area contributed by atoms with E-state index in [-0.39, 0.29) is 0 Å². The largest absolute Gasteiger partial charge is 0.102 e. The molecule has 1 aromatic carbocycles. The standard InChI is InChI=1S/C10H8S3.C2H6/c1-7-2-4-8(5-3-7)9-6-10(11)13-12-9;1-2/h2-6H,1H3;1-2H3. The lowest BCUT2D eigenvalue weighted by molar-refractivity contribution is 1.48. The highest BCUT2D eigenvalue weighted by Crippen LogP contribution is 2.29. The van der Waals surface area contributed by atoms with Gasteiger partial charge in [0.25, 0.3) is 0 Å². The van der Waals surface area contributed by atoms with Crippen LogP contribution >= 0.6 is 32.9 Å². The van der Waals surface area contributed by atoms with Crippen LogP contribution in [0.15, 0.2) is 30.3 Å². The van der Waals surface area contributed by atoms with Crippen LogP contribution in [-0.2, 0) is 0 Å². The van der Waals surface area contributed by atoms with Crippen LogP contribution in [0, 0.1) is 10.7 Å². The first-order chi connectivity index (χ1) is 7.25. The van der Waals surface area contributed by atoms with E-state index in [0.29, 0.717) is 0 Å². The van der Waals surface area contributed by atoms with E-state index >= 15 is 0 Å². The second kappa shape index (κ2) is 6.16. The summed E-state index contributed by atoms with van der Waals surface area (Å²) in [5.74, 6) is 0. The van der Waals surface area contributed by atoms with Gasteiger partial charge in [0, 0.05) is 4.88 Å². The monoisotopic (exact) mass is 254 g/mol. The molecule has 3 heteroatoms. The minimum atomic E-state index is 0.973. The van der Waals surface area contributed by atoms with Crippen LogP contribution in [0.25, 0.3) is 10.4 Å². The zero-order valence-corrected chi connectivity index (χ0v) is 11.6. The summed E-state index contributed by atoms with van der Waals surface area (Å²) < 4.78 is 0.973. The van der Waals surface area contributed by atoms with Crippen molar-refractivity contribution in [2.24, 2.45) is 0 Å². The smallest absolute Gasteiger partial charge is 0.0786 e. The summed E-state index contributed by atoms with van der Waals surface area (Å²) in [5, 5.41) is 0. The van der Waals surface area contributed by atoms with Crippen molar-refractivity contribution in [1.29, 1.82) is 0 Å². The van der Waals surface area contributed by atoms with Crippen molar-refractivity contribution in [2.45, 2.75) is 20.8 Å². The summed E-state index contributed by atoms with van der Waals surface area (Å²) in [7, 11) is 3.41. The van der Waals surface area contributed by atoms with Gasteiger partial charge in [-0.1, -0.05) is 76.6 Å². The van der Waals surface area contributed by atoms with Crippen LogP contribution in [0.4, 0.5) is 0 Å². The van der Waals surface area contributed by atoms with Gasteiger partial charge in [0.05, 0.1) is 0 Å². The first kappa shape index (κ1) is 12.6. The van der Waals surface area contributed by atoms with Crippen molar-refractivity contribution in [3.8, 4) is 10.4 Å². The molecule has 0 radical (unpaired) electrons. The summed E-state index contributed by atoms with van der Waals surface area (Å²) in [6, 6.07) is 10.6. The highest BCUT2D eigenvalue weighted by Gasteiger charge is 1.98. The van der Waals surface area contributed by atoms with Crippen molar-refractivity contribution < 1.29 is 0 Å².